The molecule has 158 valence electrons. The van der Waals surface area contributed by atoms with Gasteiger partial charge in [-0.05, 0) is 32.8 Å². The molecule has 0 radical (unpaired) electrons. The van der Waals surface area contributed by atoms with Gasteiger partial charge in [0.25, 0.3) is 5.91 Å². The summed E-state index contributed by atoms with van der Waals surface area (Å²) in [6.45, 7) is 11.3. The van der Waals surface area contributed by atoms with Crippen LogP contribution in [-0.4, -0.2) is 50.3 Å². The van der Waals surface area contributed by atoms with Crippen LogP contribution < -0.4 is 16.0 Å². The Bertz CT molecular complexity index is 689. The second-order valence-corrected chi connectivity index (χ2v) is 7.99. The molecule has 3 N–H and O–H groups in total. The third-order valence-electron chi connectivity index (χ3n) is 5.70. The number of halogens is 1. The highest BCUT2D eigenvalue weighted by molar-refractivity contribution is 14.0. The zero-order valence-electron chi connectivity index (χ0n) is 17.2. The molecule has 2 aliphatic rings. The Labute approximate surface area is 184 Å². The van der Waals surface area contributed by atoms with Gasteiger partial charge in [0.15, 0.2) is 11.7 Å². The molecule has 1 saturated carbocycles. The Morgan fingerprint density at radius 3 is 2.82 bits per heavy atom. The van der Waals surface area contributed by atoms with Gasteiger partial charge in [0, 0.05) is 49.2 Å². The van der Waals surface area contributed by atoms with Gasteiger partial charge in [0.05, 0.1) is 12.4 Å². The first-order valence-corrected chi connectivity index (χ1v) is 9.94. The second-order valence-electron chi connectivity index (χ2n) is 7.99. The van der Waals surface area contributed by atoms with E-state index in [1.54, 1.807) is 6.07 Å². The lowest BCUT2D eigenvalue weighted by molar-refractivity contribution is -0.106. The fourth-order valence-electron chi connectivity index (χ4n) is 4.24. The molecular formula is C20H33IN4O3. The Hall–Kier alpha value is -1.29. The van der Waals surface area contributed by atoms with Crippen molar-refractivity contribution >= 4 is 35.8 Å². The van der Waals surface area contributed by atoms with Crippen molar-refractivity contribution in [1.29, 1.82) is 0 Å². The van der Waals surface area contributed by atoms with Crippen molar-refractivity contribution in [3.05, 3.63) is 23.7 Å². The normalized spacial score (nSPS) is 25.3. The first kappa shape index (κ1) is 23.0. The summed E-state index contributed by atoms with van der Waals surface area (Å²) < 4.78 is 11.1. The minimum atomic E-state index is -0.171. The molecule has 2 heterocycles. The Balaban J connectivity index is 0.00000280. The zero-order valence-corrected chi connectivity index (χ0v) is 19.5. The van der Waals surface area contributed by atoms with Crippen molar-refractivity contribution in [3.8, 4) is 0 Å². The number of ether oxygens (including phenoxy) is 1. The van der Waals surface area contributed by atoms with E-state index in [0.717, 1.165) is 37.5 Å². The van der Waals surface area contributed by atoms with Crippen LogP contribution in [0.25, 0.3) is 0 Å². The number of nitrogens with zero attached hydrogens (tertiary/aromatic N) is 1. The van der Waals surface area contributed by atoms with Crippen LogP contribution in [0.2, 0.25) is 0 Å². The number of guanidine groups is 1. The predicted octanol–water partition coefficient (Wildman–Crippen LogP) is 2.69. The summed E-state index contributed by atoms with van der Waals surface area (Å²) >= 11 is 0. The van der Waals surface area contributed by atoms with Gasteiger partial charge in [0.1, 0.15) is 0 Å². The lowest BCUT2D eigenvalue weighted by Crippen LogP contribution is -2.68. The van der Waals surface area contributed by atoms with E-state index >= 15 is 0 Å². The molecule has 1 aliphatic carbocycles. The van der Waals surface area contributed by atoms with Crippen LogP contribution in [-0.2, 0) is 4.74 Å². The van der Waals surface area contributed by atoms with E-state index in [1.165, 1.54) is 6.26 Å². The van der Waals surface area contributed by atoms with E-state index in [2.05, 4.69) is 41.7 Å². The molecule has 2 fully saturated rings. The number of furan rings is 1. The standard InChI is InChI=1S/C20H32N4O3.HI/c1-5-21-19(24-16-14-8-12-27-17(14)20(16,3)4)23-10-6-9-22-18(25)15-13(2)7-11-26-15;/h7,11,14,16-17H,5-6,8-10,12H2,1-4H3,(H,22,25)(H2,21,23,24);1H. The second kappa shape index (κ2) is 9.96. The third-order valence-corrected chi connectivity index (χ3v) is 5.70. The molecule has 0 spiro atoms. The van der Waals surface area contributed by atoms with Crippen LogP contribution in [0.5, 0.6) is 0 Å². The monoisotopic (exact) mass is 504 g/mol. The van der Waals surface area contributed by atoms with Crippen LogP contribution in [0.15, 0.2) is 21.7 Å². The fourth-order valence-corrected chi connectivity index (χ4v) is 4.24. The summed E-state index contributed by atoms with van der Waals surface area (Å²) in [5.41, 5.74) is 0.966. The first-order chi connectivity index (χ1) is 12.9. The van der Waals surface area contributed by atoms with Crippen molar-refractivity contribution in [3.63, 3.8) is 0 Å². The number of fused-ring (bicyclic) bond motifs is 1. The van der Waals surface area contributed by atoms with Crippen LogP contribution in [0.1, 0.15) is 49.7 Å². The SMILES string of the molecule is CCNC(=NCCCNC(=O)c1occc1C)NC1C2CCOC2C1(C)C.I. The molecule has 3 unspecified atom stereocenters. The van der Waals surface area contributed by atoms with E-state index in [9.17, 15) is 4.79 Å². The molecule has 7 nitrogen and oxygen atoms in total. The molecule has 1 aromatic rings. The molecule has 0 aromatic carbocycles. The molecule has 8 heteroatoms. The van der Waals surface area contributed by atoms with E-state index < -0.39 is 0 Å². The molecule has 1 aromatic heterocycles. The summed E-state index contributed by atoms with van der Waals surface area (Å²) in [6.07, 6.45) is 3.78. The average Bonchev–Trinajstić information content (AvgIpc) is 3.26. The first-order valence-electron chi connectivity index (χ1n) is 9.94. The van der Waals surface area contributed by atoms with E-state index in [4.69, 9.17) is 9.15 Å². The van der Waals surface area contributed by atoms with Gasteiger partial charge < -0.3 is 25.1 Å². The van der Waals surface area contributed by atoms with Gasteiger partial charge in [0.2, 0.25) is 0 Å². The van der Waals surface area contributed by atoms with Crippen LogP contribution in [0.3, 0.4) is 0 Å². The number of aryl methyl sites for hydroxylation is 1. The third kappa shape index (κ3) is 4.82. The highest BCUT2D eigenvalue weighted by atomic mass is 127. The van der Waals surface area contributed by atoms with Gasteiger partial charge in [-0.2, -0.15) is 0 Å². The van der Waals surface area contributed by atoms with Crippen molar-refractivity contribution in [2.75, 3.05) is 26.2 Å². The number of aliphatic imine (C=N–C) groups is 1. The highest BCUT2D eigenvalue weighted by Crippen LogP contribution is 2.52. The maximum absolute atomic E-state index is 12.0. The van der Waals surface area contributed by atoms with Crippen molar-refractivity contribution in [1.82, 2.24) is 16.0 Å². The maximum atomic E-state index is 12.0. The summed E-state index contributed by atoms with van der Waals surface area (Å²) in [7, 11) is 0. The number of rotatable bonds is 7. The number of amides is 1. The van der Waals surface area contributed by atoms with Gasteiger partial charge >= 0.3 is 0 Å². The summed E-state index contributed by atoms with van der Waals surface area (Å²) in [5.74, 6) is 1.62. The number of hydrogen-bond donors (Lipinski definition) is 3. The molecule has 1 aliphatic heterocycles. The molecule has 28 heavy (non-hydrogen) atoms. The lowest BCUT2D eigenvalue weighted by atomic mass is 9.57. The minimum Gasteiger partial charge on any atom is -0.459 e. The van der Waals surface area contributed by atoms with Gasteiger partial charge in [-0.1, -0.05) is 13.8 Å². The maximum Gasteiger partial charge on any atom is 0.287 e. The number of carbonyl (C=O) groups excluding carboxylic acids is 1. The van der Waals surface area contributed by atoms with Crippen molar-refractivity contribution in [2.24, 2.45) is 16.3 Å². The van der Waals surface area contributed by atoms with Gasteiger partial charge in [-0.15, -0.1) is 24.0 Å². The quantitative estimate of drug-likeness (QED) is 0.230. The van der Waals surface area contributed by atoms with Gasteiger partial charge in [-0.25, -0.2) is 0 Å². The molecule has 3 atom stereocenters. The van der Waals surface area contributed by atoms with Crippen LogP contribution >= 0.6 is 24.0 Å². The van der Waals surface area contributed by atoms with Gasteiger partial charge in [-0.3, -0.25) is 9.79 Å². The Morgan fingerprint density at radius 2 is 2.14 bits per heavy atom. The summed E-state index contributed by atoms with van der Waals surface area (Å²) in [6, 6.07) is 2.17. The molecule has 3 rings (SSSR count). The van der Waals surface area contributed by atoms with E-state index in [1.807, 2.05) is 6.92 Å². The highest BCUT2D eigenvalue weighted by Gasteiger charge is 2.59. The Kier molecular flexibility index (Phi) is 8.18. The zero-order chi connectivity index (χ0) is 19.4. The minimum absolute atomic E-state index is 0. The fraction of sp³-hybridized carbons (Fsp3) is 0.700. The number of carbonyl (C=O) groups is 1. The van der Waals surface area contributed by atoms with Crippen LogP contribution in [0, 0.1) is 18.3 Å². The van der Waals surface area contributed by atoms with E-state index in [0.29, 0.717) is 36.9 Å². The molecule has 1 saturated heterocycles. The molecule has 1 amide bonds. The predicted molar refractivity (Wildman–Crippen MR) is 120 cm³/mol. The van der Waals surface area contributed by atoms with Crippen molar-refractivity contribution < 1.29 is 13.9 Å². The van der Waals surface area contributed by atoms with E-state index in [-0.39, 0.29) is 35.3 Å². The average molecular weight is 504 g/mol. The summed E-state index contributed by atoms with van der Waals surface area (Å²) in [4.78, 5) is 16.7. The smallest absolute Gasteiger partial charge is 0.287 e. The number of nitrogens with one attached hydrogen (secondary N) is 3. The topological polar surface area (TPSA) is 87.9 Å². The van der Waals surface area contributed by atoms with Crippen LogP contribution in [0.4, 0.5) is 0 Å². The summed E-state index contributed by atoms with van der Waals surface area (Å²) in [5, 5.41) is 9.81. The molecular weight excluding hydrogens is 471 g/mol. The largest absolute Gasteiger partial charge is 0.459 e. The molecule has 0 bridgehead atoms. The van der Waals surface area contributed by atoms with Crippen molar-refractivity contribution in [2.45, 2.75) is 52.7 Å². The lowest BCUT2D eigenvalue weighted by Gasteiger charge is -2.54. The number of hydrogen-bond acceptors (Lipinski definition) is 4. The Morgan fingerprint density at radius 1 is 1.36 bits per heavy atom.